The van der Waals surface area contributed by atoms with Crippen molar-refractivity contribution >= 4 is 16.8 Å². The number of nitrogens with one attached hydrogen (secondary N) is 1. The normalized spacial score (nSPS) is 17.4. The van der Waals surface area contributed by atoms with Gasteiger partial charge in [0.05, 0.1) is 0 Å². The van der Waals surface area contributed by atoms with Crippen molar-refractivity contribution in [3.8, 4) is 0 Å². The van der Waals surface area contributed by atoms with Gasteiger partial charge in [0.15, 0.2) is 0 Å². The van der Waals surface area contributed by atoms with E-state index in [9.17, 15) is 9.18 Å². The number of halogens is 1. The number of hydrogen-bond donors (Lipinski definition) is 1. The molecule has 3 heterocycles. The highest BCUT2D eigenvalue weighted by atomic mass is 19.1. The summed E-state index contributed by atoms with van der Waals surface area (Å²) in [7, 11) is 0. The van der Waals surface area contributed by atoms with E-state index in [-0.39, 0.29) is 11.7 Å². The molecule has 0 unspecified atom stereocenters. The van der Waals surface area contributed by atoms with E-state index >= 15 is 0 Å². The van der Waals surface area contributed by atoms with Crippen LogP contribution in [0.4, 0.5) is 4.39 Å². The predicted octanol–water partition coefficient (Wildman–Crippen LogP) is 3.83. The summed E-state index contributed by atoms with van der Waals surface area (Å²) in [6.45, 7) is 5.42. The van der Waals surface area contributed by atoms with Gasteiger partial charge in [0, 0.05) is 49.0 Å². The largest absolute Gasteiger partial charge is 0.351 e. The summed E-state index contributed by atoms with van der Waals surface area (Å²) < 4.78 is 13.4. The number of fused-ring (bicyclic) bond motifs is 1. The number of hydrogen-bond acceptors (Lipinski definition) is 3. The molecule has 1 aliphatic rings. The van der Waals surface area contributed by atoms with Crippen molar-refractivity contribution in [2.75, 3.05) is 19.6 Å². The summed E-state index contributed by atoms with van der Waals surface area (Å²) >= 11 is 0. The minimum atomic E-state index is -0.293. The summed E-state index contributed by atoms with van der Waals surface area (Å²) in [6, 6.07) is 10.7. The lowest BCUT2D eigenvalue weighted by Crippen LogP contribution is -2.49. The number of benzene rings is 1. The number of H-pyrrole nitrogens is 1. The van der Waals surface area contributed by atoms with Crippen LogP contribution in [0.3, 0.4) is 0 Å². The topological polar surface area (TPSA) is 52.2 Å². The van der Waals surface area contributed by atoms with Crippen molar-refractivity contribution in [2.45, 2.75) is 32.4 Å². The highest BCUT2D eigenvalue weighted by Gasteiger charge is 2.28. The fraction of sp³-hybridized carbons (Fsp3) is 0.364. The van der Waals surface area contributed by atoms with Gasteiger partial charge in [-0.3, -0.25) is 14.7 Å². The lowest BCUT2D eigenvalue weighted by Gasteiger charge is -2.39. The van der Waals surface area contributed by atoms with E-state index in [1.807, 2.05) is 29.4 Å². The standard InChI is InChI=1S/C22H25FN4O/c1-2-26(14-16-7-9-24-10-8-16)19-4-3-11-27(15-19)22(28)21-13-17-12-18(23)5-6-20(17)25-21/h5-10,12-13,19,25H,2-4,11,14-15H2,1H3/t19-/m1/s1. The zero-order valence-electron chi connectivity index (χ0n) is 16.1. The Bertz CT molecular complexity index is 956. The van der Waals surface area contributed by atoms with Gasteiger partial charge in [0.1, 0.15) is 11.5 Å². The van der Waals surface area contributed by atoms with E-state index in [2.05, 4.69) is 21.8 Å². The van der Waals surface area contributed by atoms with Crippen LogP contribution in [0.15, 0.2) is 48.8 Å². The van der Waals surface area contributed by atoms with Crippen LogP contribution in [-0.2, 0) is 6.54 Å². The van der Waals surface area contributed by atoms with Crippen molar-refractivity contribution < 1.29 is 9.18 Å². The number of carbonyl (C=O) groups excluding carboxylic acids is 1. The van der Waals surface area contributed by atoms with E-state index < -0.39 is 0 Å². The van der Waals surface area contributed by atoms with Crippen LogP contribution < -0.4 is 0 Å². The number of aromatic nitrogens is 2. The Labute approximate surface area is 164 Å². The van der Waals surface area contributed by atoms with Gasteiger partial charge >= 0.3 is 0 Å². The van der Waals surface area contributed by atoms with Gasteiger partial charge in [0.25, 0.3) is 5.91 Å². The molecular weight excluding hydrogens is 355 g/mol. The minimum Gasteiger partial charge on any atom is -0.351 e. The molecule has 0 spiro atoms. The molecule has 28 heavy (non-hydrogen) atoms. The average Bonchev–Trinajstić information content (AvgIpc) is 3.15. The first-order valence-electron chi connectivity index (χ1n) is 9.84. The van der Waals surface area contributed by atoms with Crippen molar-refractivity contribution in [2.24, 2.45) is 0 Å². The molecule has 1 fully saturated rings. The smallest absolute Gasteiger partial charge is 0.270 e. The number of amides is 1. The molecule has 0 bridgehead atoms. The Balaban J connectivity index is 1.48. The Morgan fingerprint density at radius 1 is 1.29 bits per heavy atom. The summed E-state index contributed by atoms with van der Waals surface area (Å²) in [6.07, 6.45) is 5.70. The molecule has 1 saturated heterocycles. The third-order valence-electron chi connectivity index (χ3n) is 5.55. The molecule has 1 amide bonds. The van der Waals surface area contributed by atoms with Crippen LogP contribution in [0.25, 0.3) is 10.9 Å². The summed E-state index contributed by atoms with van der Waals surface area (Å²) in [5.41, 5.74) is 2.54. The lowest BCUT2D eigenvalue weighted by atomic mass is 10.0. The molecule has 1 aliphatic heterocycles. The Kier molecular flexibility index (Phi) is 5.39. The third kappa shape index (κ3) is 3.92. The number of carbonyl (C=O) groups is 1. The van der Waals surface area contributed by atoms with Crippen molar-refractivity contribution in [3.05, 3.63) is 65.9 Å². The fourth-order valence-corrected chi connectivity index (χ4v) is 4.05. The first kappa shape index (κ1) is 18.6. The number of pyridine rings is 1. The second-order valence-corrected chi connectivity index (χ2v) is 7.38. The average molecular weight is 380 g/mol. The molecule has 4 rings (SSSR count). The molecule has 1 N–H and O–H groups in total. The molecule has 146 valence electrons. The monoisotopic (exact) mass is 380 g/mol. The minimum absolute atomic E-state index is 0.0127. The number of likely N-dealkylation sites (N-methyl/N-ethyl adjacent to an activating group) is 1. The van der Waals surface area contributed by atoms with Crippen LogP contribution in [0.5, 0.6) is 0 Å². The van der Waals surface area contributed by atoms with Gasteiger partial charge in [0.2, 0.25) is 0 Å². The molecule has 6 heteroatoms. The van der Waals surface area contributed by atoms with Crippen molar-refractivity contribution in [1.82, 2.24) is 19.8 Å². The molecule has 5 nitrogen and oxygen atoms in total. The second kappa shape index (κ2) is 8.10. The van der Waals surface area contributed by atoms with E-state index in [1.54, 1.807) is 12.1 Å². The number of aromatic amines is 1. The molecule has 0 saturated carbocycles. The van der Waals surface area contributed by atoms with Gasteiger partial charge in [-0.25, -0.2) is 4.39 Å². The summed E-state index contributed by atoms with van der Waals surface area (Å²) in [5, 5.41) is 0.727. The molecular formula is C22H25FN4O. The maximum absolute atomic E-state index is 13.4. The van der Waals surface area contributed by atoms with Crippen LogP contribution in [0.2, 0.25) is 0 Å². The van der Waals surface area contributed by atoms with Crippen LogP contribution in [-0.4, -0.2) is 51.4 Å². The zero-order valence-corrected chi connectivity index (χ0v) is 16.1. The number of likely N-dealkylation sites (tertiary alicyclic amines) is 1. The van der Waals surface area contributed by atoms with Gasteiger partial charge < -0.3 is 9.88 Å². The maximum Gasteiger partial charge on any atom is 0.270 e. The SMILES string of the molecule is CCN(Cc1ccncc1)[C@@H]1CCCN(C(=O)c2cc3cc(F)ccc3[nH]2)C1. The number of nitrogens with zero attached hydrogens (tertiary/aromatic N) is 3. The Hall–Kier alpha value is -2.73. The maximum atomic E-state index is 13.4. The summed E-state index contributed by atoms with van der Waals surface area (Å²) in [5.74, 6) is -0.306. The van der Waals surface area contributed by atoms with E-state index in [1.165, 1.54) is 17.7 Å². The third-order valence-corrected chi connectivity index (χ3v) is 5.55. The van der Waals surface area contributed by atoms with Gasteiger partial charge in [-0.1, -0.05) is 6.92 Å². The highest BCUT2D eigenvalue weighted by Crippen LogP contribution is 2.22. The molecule has 1 atom stereocenters. The van der Waals surface area contributed by atoms with Crippen molar-refractivity contribution in [3.63, 3.8) is 0 Å². The van der Waals surface area contributed by atoms with E-state index in [0.717, 1.165) is 43.4 Å². The lowest BCUT2D eigenvalue weighted by molar-refractivity contribution is 0.0565. The van der Waals surface area contributed by atoms with E-state index in [4.69, 9.17) is 0 Å². The number of piperidine rings is 1. The molecule has 0 aliphatic carbocycles. The van der Waals surface area contributed by atoms with Gasteiger partial charge in [-0.2, -0.15) is 0 Å². The first-order valence-corrected chi connectivity index (χ1v) is 9.84. The Morgan fingerprint density at radius 3 is 2.89 bits per heavy atom. The summed E-state index contributed by atoms with van der Waals surface area (Å²) in [4.78, 5) is 24.6. The predicted molar refractivity (Wildman–Crippen MR) is 108 cm³/mol. The molecule has 0 radical (unpaired) electrons. The quantitative estimate of drug-likeness (QED) is 0.732. The first-order chi connectivity index (χ1) is 13.6. The highest BCUT2D eigenvalue weighted by molar-refractivity contribution is 5.98. The van der Waals surface area contributed by atoms with Gasteiger partial charge in [-0.05, 0) is 61.3 Å². The number of rotatable bonds is 5. The molecule has 3 aromatic rings. The van der Waals surface area contributed by atoms with Crippen LogP contribution in [0.1, 0.15) is 35.8 Å². The van der Waals surface area contributed by atoms with Crippen LogP contribution >= 0.6 is 0 Å². The molecule has 2 aromatic heterocycles. The van der Waals surface area contributed by atoms with Crippen LogP contribution in [0, 0.1) is 5.82 Å². The second-order valence-electron chi connectivity index (χ2n) is 7.38. The fourth-order valence-electron chi connectivity index (χ4n) is 4.05. The van der Waals surface area contributed by atoms with Gasteiger partial charge in [-0.15, -0.1) is 0 Å². The molecule has 1 aromatic carbocycles. The van der Waals surface area contributed by atoms with E-state index in [0.29, 0.717) is 18.3 Å². The zero-order chi connectivity index (χ0) is 19.5. The van der Waals surface area contributed by atoms with Crippen molar-refractivity contribution in [1.29, 1.82) is 0 Å². The Morgan fingerprint density at radius 2 is 2.11 bits per heavy atom.